The molecule has 0 saturated carbocycles. The second kappa shape index (κ2) is 8.56. The van der Waals surface area contributed by atoms with Crippen LogP contribution in [0.2, 0.25) is 0 Å². The Morgan fingerprint density at radius 2 is 1.94 bits per heavy atom. The van der Waals surface area contributed by atoms with Crippen LogP contribution in [0.1, 0.15) is 58.2 Å². The molecule has 1 aliphatic rings. The number of nitrogens with one attached hydrogen (secondary N) is 2. The number of carbonyl (C=O) groups excluding carboxylic acids is 1. The first-order chi connectivity index (χ1) is 15.6. The minimum Gasteiger partial charge on any atom is -0.492 e. The molecule has 2 heterocycles. The molecule has 0 bridgehead atoms. The van der Waals surface area contributed by atoms with Gasteiger partial charge in [0.2, 0.25) is 15.9 Å². The van der Waals surface area contributed by atoms with E-state index < -0.39 is 33.6 Å². The van der Waals surface area contributed by atoms with E-state index >= 15 is 0 Å². The number of rotatable bonds is 6. The topological polar surface area (TPSA) is 131 Å². The van der Waals surface area contributed by atoms with Crippen molar-refractivity contribution in [3.8, 4) is 5.75 Å². The Morgan fingerprint density at radius 1 is 1.18 bits per heavy atom. The highest BCUT2D eigenvalue weighted by atomic mass is 32.2. The van der Waals surface area contributed by atoms with Gasteiger partial charge in [-0.3, -0.25) is 4.79 Å². The Labute approximate surface area is 189 Å². The molecule has 33 heavy (non-hydrogen) atoms. The second-order valence-corrected chi connectivity index (χ2v) is 9.64. The normalized spacial score (nSPS) is 15.6. The SMILES string of the molecule is Cc1ccc(F)c(C(C)C(NS(=O)(=O)c2ccc3c(c2)C(=O)CCO3)c2n[nH]c(=O)o2)c1C. The summed E-state index contributed by atoms with van der Waals surface area (Å²) in [5.74, 6) is -2.36. The number of aromatic amines is 1. The fourth-order valence-corrected chi connectivity index (χ4v) is 5.21. The lowest BCUT2D eigenvalue weighted by atomic mass is 9.88. The Kier molecular flexibility index (Phi) is 5.93. The molecule has 0 amide bonds. The van der Waals surface area contributed by atoms with Crippen LogP contribution in [0, 0.1) is 19.7 Å². The van der Waals surface area contributed by atoms with Crippen molar-refractivity contribution < 1.29 is 26.8 Å². The Bertz CT molecular complexity index is 1400. The zero-order chi connectivity index (χ0) is 23.9. The molecule has 3 aromatic rings. The molecule has 0 aliphatic carbocycles. The van der Waals surface area contributed by atoms with E-state index in [0.29, 0.717) is 11.3 Å². The van der Waals surface area contributed by atoms with E-state index in [-0.39, 0.29) is 40.7 Å². The molecule has 1 aliphatic heterocycles. The lowest BCUT2D eigenvalue weighted by Gasteiger charge is -2.25. The van der Waals surface area contributed by atoms with Gasteiger partial charge in [-0.25, -0.2) is 22.7 Å². The first-order valence-corrected chi connectivity index (χ1v) is 11.7. The van der Waals surface area contributed by atoms with Crippen LogP contribution in [0.15, 0.2) is 44.4 Å². The van der Waals surface area contributed by atoms with Gasteiger partial charge < -0.3 is 9.15 Å². The number of hydrogen-bond acceptors (Lipinski definition) is 7. The van der Waals surface area contributed by atoms with Crippen LogP contribution in [0.25, 0.3) is 0 Å². The highest BCUT2D eigenvalue weighted by Gasteiger charge is 2.34. The molecule has 2 atom stereocenters. The maximum Gasteiger partial charge on any atom is 0.434 e. The molecule has 0 saturated heterocycles. The van der Waals surface area contributed by atoms with Gasteiger partial charge in [0, 0.05) is 12.3 Å². The second-order valence-electron chi connectivity index (χ2n) is 7.92. The number of aryl methyl sites for hydroxylation is 1. The Hall–Kier alpha value is -3.31. The minimum absolute atomic E-state index is 0.147. The van der Waals surface area contributed by atoms with Crippen LogP contribution in [0.5, 0.6) is 5.75 Å². The van der Waals surface area contributed by atoms with Gasteiger partial charge >= 0.3 is 5.76 Å². The summed E-state index contributed by atoms with van der Waals surface area (Å²) in [5, 5.41) is 5.88. The van der Waals surface area contributed by atoms with Crippen LogP contribution in [-0.2, 0) is 10.0 Å². The van der Waals surface area contributed by atoms with Crippen molar-refractivity contribution in [3.05, 3.63) is 74.8 Å². The summed E-state index contributed by atoms with van der Waals surface area (Å²) in [4.78, 5) is 23.6. The van der Waals surface area contributed by atoms with Crippen molar-refractivity contribution in [2.45, 2.75) is 44.0 Å². The number of ketones is 1. The number of carbonyl (C=O) groups is 1. The molecule has 1 aromatic heterocycles. The van der Waals surface area contributed by atoms with E-state index in [1.807, 2.05) is 6.92 Å². The van der Waals surface area contributed by atoms with Crippen molar-refractivity contribution in [2.75, 3.05) is 6.61 Å². The quantitative estimate of drug-likeness (QED) is 0.560. The molecule has 2 N–H and O–H groups in total. The first-order valence-electron chi connectivity index (χ1n) is 10.2. The van der Waals surface area contributed by atoms with Crippen molar-refractivity contribution in [2.24, 2.45) is 0 Å². The number of H-pyrrole nitrogens is 1. The molecule has 0 spiro atoms. The zero-order valence-electron chi connectivity index (χ0n) is 18.1. The highest BCUT2D eigenvalue weighted by molar-refractivity contribution is 7.89. The number of benzene rings is 2. The van der Waals surface area contributed by atoms with Crippen LogP contribution in [0.3, 0.4) is 0 Å². The summed E-state index contributed by atoms with van der Waals surface area (Å²) in [6.07, 6.45) is 0.147. The lowest BCUT2D eigenvalue weighted by molar-refractivity contribution is 0.0933. The molecule has 4 rings (SSSR count). The Balaban J connectivity index is 1.77. The number of nitrogens with zero attached hydrogens (tertiary/aromatic N) is 1. The number of aromatic nitrogens is 2. The first kappa shape index (κ1) is 22.9. The summed E-state index contributed by atoms with van der Waals surface area (Å²) in [6, 6.07) is 5.67. The van der Waals surface area contributed by atoms with Crippen LogP contribution in [-0.4, -0.2) is 31.0 Å². The van der Waals surface area contributed by atoms with E-state index in [9.17, 15) is 22.4 Å². The molecular weight excluding hydrogens is 453 g/mol. The summed E-state index contributed by atoms with van der Waals surface area (Å²) in [6.45, 7) is 5.38. The fourth-order valence-electron chi connectivity index (χ4n) is 3.91. The van der Waals surface area contributed by atoms with E-state index in [4.69, 9.17) is 9.15 Å². The number of sulfonamides is 1. The predicted octanol–water partition coefficient (Wildman–Crippen LogP) is 2.91. The fraction of sp³-hybridized carbons (Fsp3) is 0.318. The Morgan fingerprint density at radius 3 is 2.64 bits per heavy atom. The van der Waals surface area contributed by atoms with Crippen molar-refractivity contribution in [1.29, 1.82) is 0 Å². The average molecular weight is 475 g/mol. The molecule has 11 heteroatoms. The van der Waals surface area contributed by atoms with Crippen LogP contribution >= 0.6 is 0 Å². The molecule has 2 aromatic carbocycles. The van der Waals surface area contributed by atoms with Gasteiger partial charge in [0.15, 0.2) is 5.78 Å². The van der Waals surface area contributed by atoms with Gasteiger partial charge in [0.05, 0.1) is 17.1 Å². The van der Waals surface area contributed by atoms with Crippen molar-refractivity contribution >= 4 is 15.8 Å². The standard InChI is InChI=1S/C22H22FN3O6S/c1-11-4-6-16(23)19(12(11)2)13(3)20(21-24-25-22(28)32-21)26-33(29,30)14-5-7-18-15(10-14)17(27)8-9-31-18/h4-7,10,13,20,26H,8-9H2,1-3H3,(H,25,28). The maximum absolute atomic E-state index is 14.8. The van der Waals surface area contributed by atoms with Gasteiger partial charge in [0.25, 0.3) is 0 Å². The number of halogens is 1. The van der Waals surface area contributed by atoms with Gasteiger partial charge in [-0.2, -0.15) is 4.72 Å². The summed E-state index contributed by atoms with van der Waals surface area (Å²) < 4.78 is 54.3. The number of ether oxygens (including phenoxy) is 1. The van der Waals surface area contributed by atoms with Gasteiger partial charge in [-0.15, -0.1) is 5.10 Å². The van der Waals surface area contributed by atoms with Crippen LogP contribution in [0.4, 0.5) is 4.39 Å². The number of fused-ring (bicyclic) bond motifs is 1. The number of Topliss-reactive ketones (excluding diaryl/α,β-unsaturated/α-hetero) is 1. The lowest BCUT2D eigenvalue weighted by Crippen LogP contribution is -2.33. The van der Waals surface area contributed by atoms with Crippen LogP contribution < -0.4 is 15.2 Å². The molecule has 0 radical (unpaired) electrons. The van der Waals surface area contributed by atoms with E-state index in [1.165, 1.54) is 24.3 Å². The maximum atomic E-state index is 14.8. The van der Waals surface area contributed by atoms with Crippen molar-refractivity contribution in [1.82, 2.24) is 14.9 Å². The summed E-state index contributed by atoms with van der Waals surface area (Å²) in [7, 11) is -4.24. The predicted molar refractivity (Wildman–Crippen MR) is 115 cm³/mol. The van der Waals surface area contributed by atoms with Crippen molar-refractivity contribution in [3.63, 3.8) is 0 Å². The number of hydrogen-bond donors (Lipinski definition) is 2. The van der Waals surface area contributed by atoms with E-state index in [1.54, 1.807) is 19.9 Å². The molecule has 2 unspecified atom stereocenters. The third-order valence-corrected chi connectivity index (χ3v) is 7.28. The zero-order valence-corrected chi connectivity index (χ0v) is 19.0. The van der Waals surface area contributed by atoms with Gasteiger partial charge in [-0.1, -0.05) is 13.0 Å². The third kappa shape index (κ3) is 4.33. The molecular formula is C22H22FN3O6S. The summed E-state index contributed by atoms with van der Waals surface area (Å²) >= 11 is 0. The van der Waals surface area contributed by atoms with Gasteiger partial charge in [-0.05, 0) is 54.8 Å². The van der Waals surface area contributed by atoms with Gasteiger partial charge in [0.1, 0.15) is 17.6 Å². The smallest absolute Gasteiger partial charge is 0.434 e. The average Bonchev–Trinajstić information content (AvgIpc) is 3.21. The highest BCUT2D eigenvalue weighted by Crippen LogP contribution is 2.36. The van der Waals surface area contributed by atoms with E-state index in [0.717, 1.165) is 5.56 Å². The minimum atomic E-state index is -4.24. The molecule has 0 fully saturated rings. The summed E-state index contributed by atoms with van der Waals surface area (Å²) in [5.41, 5.74) is 1.89. The largest absolute Gasteiger partial charge is 0.492 e. The molecule has 174 valence electrons. The monoisotopic (exact) mass is 475 g/mol. The van der Waals surface area contributed by atoms with E-state index in [2.05, 4.69) is 14.9 Å². The third-order valence-electron chi connectivity index (χ3n) is 5.84. The molecule has 9 nitrogen and oxygen atoms in total.